The van der Waals surface area contributed by atoms with Crippen LogP contribution < -0.4 is 10.2 Å². The predicted molar refractivity (Wildman–Crippen MR) is 98.6 cm³/mol. The minimum Gasteiger partial charge on any atom is -0.347 e. The fourth-order valence-electron chi connectivity index (χ4n) is 3.22. The zero-order valence-electron chi connectivity index (χ0n) is 15.3. The number of fused-ring (bicyclic) bond motifs is 1. The average molecular weight is 339 g/mol. The lowest BCUT2D eigenvalue weighted by atomic mass is 9.94. The zero-order chi connectivity index (χ0) is 18.0. The Morgan fingerprint density at radius 1 is 1.32 bits per heavy atom. The molecule has 2 aromatic rings. The Kier molecular flexibility index (Phi) is 4.88. The van der Waals surface area contributed by atoms with Crippen LogP contribution >= 0.6 is 0 Å². The summed E-state index contributed by atoms with van der Waals surface area (Å²) in [6.07, 6.45) is 0.894. The maximum atomic E-state index is 12.7. The molecule has 6 heteroatoms. The molecule has 0 bridgehead atoms. The van der Waals surface area contributed by atoms with Gasteiger partial charge in [0.05, 0.1) is 18.3 Å². The fraction of sp³-hybridized carbons (Fsp3) is 0.421. The van der Waals surface area contributed by atoms with E-state index in [1.807, 2.05) is 43.0 Å². The summed E-state index contributed by atoms with van der Waals surface area (Å²) in [7, 11) is 3.81. The highest BCUT2D eigenvalue weighted by atomic mass is 16.2. The van der Waals surface area contributed by atoms with Gasteiger partial charge in [-0.1, -0.05) is 24.3 Å². The fourth-order valence-corrected chi connectivity index (χ4v) is 3.22. The molecule has 1 unspecified atom stereocenters. The summed E-state index contributed by atoms with van der Waals surface area (Å²) < 4.78 is 0. The summed E-state index contributed by atoms with van der Waals surface area (Å²) in [6, 6.07) is 10.3. The van der Waals surface area contributed by atoms with Gasteiger partial charge in [0.2, 0.25) is 5.95 Å². The number of amides is 2. The average Bonchev–Trinajstić information content (AvgIpc) is 2.60. The van der Waals surface area contributed by atoms with Gasteiger partial charge in [0.15, 0.2) is 0 Å². The first-order valence-electron chi connectivity index (χ1n) is 8.60. The highest BCUT2D eigenvalue weighted by Gasteiger charge is 2.27. The van der Waals surface area contributed by atoms with E-state index in [9.17, 15) is 4.79 Å². The first-order chi connectivity index (χ1) is 12.0. The van der Waals surface area contributed by atoms with Gasteiger partial charge in [-0.2, -0.15) is 0 Å². The summed E-state index contributed by atoms with van der Waals surface area (Å²) in [5, 5.41) is 3.00. The lowest BCUT2D eigenvalue weighted by Crippen LogP contribution is -2.44. The minimum absolute atomic E-state index is 0.0512. The molecule has 2 amide bonds. The van der Waals surface area contributed by atoms with E-state index in [1.165, 1.54) is 11.1 Å². The quantitative estimate of drug-likeness (QED) is 0.934. The molecule has 0 spiro atoms. The standard InChI is InChI=1S/C19H25N5O/c1-13-11-16(22-18(21-13)23(3)4)12-20-19(25)24-10-9-15-7-5-6-8-17(15)14(24)2/h5-8,11,14H,9-10,12H2,1-4H3,(H,20,25). The van der Waals surface area contributed by atoms with Crippen LogP contribution in [-0.4, -0.2) is 41.5 Å². The Hall–Kier alpha value is -2.63. The van der Waals surface area contributed by atoms with Crippen LogP contribution in [0.4, 0.5) is 10.7 Å². The van der Waals surface area contributed by atoms with Gasteiger partial charge in [0.25, 0.3) is 0 Å². The second-order valence-corrected chi connectivity index (χ2v) is 6.67. The molecule has 1 aliphatic rings. The van der Waals surface area contributed by atoms with E-state index < -0.39 is 0 Å². The smallest absolute Gasteiger partial charge is 0.318 e. The molecule has 3 rings (SSSR count). The number of aromatic nitrogens is 2. The van der Waals surface area contributed by atoms with E-state index in [1.54, 1.807) is 0 Å². The summed E-state index contributed by atoms with van der Waals surface area (Å²) >= 11 is 0. The molecule has 25 heavy (non-hydrogen) atoms. The SMILES string of the molecule is Cc1cc(CNC(=O)N2CCc3ccccc3C2C)nc(N(C)C)n1. The van der Waals surface area contributed by atoms with E-state index in [2.05, 4.69) is 40.4 Å². The number of hydrogen-bond acceptors (Lipinski definition) is 4. The number of aryl methyl sites for hydroxylation is 1. The molecular weight excluding hydrogens is 314 g/mol. The van der Waals surface area contributed by atoms with Gasteiger partial charge in [-0.25, -0.2) is 14.8 Å². The maximum absolute atomic E-state index is 12.7. The van der Waals surface area contributed by atoms with Crippen molar-refractivity contribution in [1.29, 1.82) is 0 Å². The Morgan fingerprint density at radius 3 is 2.84 bits per heavy atom. The molecule has 132 valence electrons. The molecule has 1 N–H and O–H groups in total. The van der Waals surface area contributed by atoms with Gasteiger partial charge in [-0.05, 0) is 37.5 Å². The first kappa shape index (κ1) is 17.2. The number of rotatable bonds is 3. The molecule has 0 fully saturated rings. The lowest BCUT2D eigenvalue weighted by Gasteiger charge is -2.35. The molecule has 1 aromatic carbocycles. The van der Waals surface area contributed by atoms with Crippen molar-refractivity contribution in [2.24, 2.45) is 0 Å². The monoisotopic (exact) mass is 339 g/mol. The van der Waals surface area contributed by atoms with Gasteiger partial charge in [0.1, 0.15) is 0 Å². The van der Waals surface area contributed by atoms with Crippen LogP contribution in [0.2, 0.25) is 0 Å². The van der Waals surface area contributed by atoms with Crippen molar-refractivity contribution in [1.82, 2.24) is 20.2 Å². The van der Waals surface area contributed by atoms with Crippen LogP contribution in [0.15, 0.2) is 30.3 Å². The van der Waals surface area contributed by atoms with E-state index >= 15 is 0 Å². The first-order valence-corrected chi connectivity index (χ1v) is 8.60. The molecule has 2 heterocycles. The summed E-state index contributed by atoms with van der Waals surface area (Å²) in [5.41, 5.74) is 4.27. The number of urea groups is 1. The van der Waals surface area contributed by atoms with Gasteiger partial charge >= 0.3 is 6.03 Å². The molecule has 0 radical (unpaired) electrons. The van der Waals surface area contributed by atoms with Gasteiger partial charge in [0, 0.05) is 26.3 Å². The highest BCUT2D eigenvalue weighted by molar-refractivity contribution is 5.75. The zero-order valence-corrected chi connectivity index (χ0v) is 15.3. The predicted octanol–water partition coefficient (Wildman–Crippen LogP) is 2.68. The number of benzene rings is 1. The van der Waals surface area contributed by atoms with E-state index in [0.29, 0.717) is 12.5 Å². The van der Waals surface area contributed by atoms with Crippen LogP contribution in [-0.2, 0) is 13.0 Å². The Morgan fingerprint density at radius 2 is 2.08 bits per heavy atom. The molecule has 1 atom stereocenters. The van der Waals surface area contributed by atoms with E-state index in [-0.39, 0.29) is 12.1 Å². The van der Waals surface area contributed by atoms with Crippen LogP contribution in [0.1, 0.15) is 35.5 Å². The third-order valence-corrected chi connectivity index (χ3v) is 4.57. The lowest BCUT2D eigenvalue weighted by molar-refractivity contribution is 0.174. The molecule has 6 nitrogen and oxygen atoms in total. The molecule has 1 aliphatic heterocycles. The summed E-state index contributed by atoms with van der Waals surface area (Å²) in [6.45, 7) is 5.14. The van der Waals surface area contributed by atoms with Crippen molar-refractivity contribution < 1.29 is 4.79 Å². The molecular formula is C19H25N5O. The number of anilines is 1. The number of nitrogens with zero attached hydrogens (tertiary/aromatic N) is 4. The van der Waals surface area contributed by atoms with Crippen molar-refractivity contribution in [2.75, 3.05) is 25.5 Å². The van der Waals surface area contributed by atoms with Crippen LogP contribution in [0.5, 0.6) is 0 Å². The minimum atomic E-state index is -0.0512. The van der Waals surface area contributed by atoms with Gasteiger partial charge in [-0.15, -0.1) is 0 Å². The largest absolute Gasteiger partial charge is 0.347 e. The van der Waals surface area contributed by atoms with Crippen molar-refractivity contribution in [3.63, 3.8) is 0 Å². The number of carbonyl (C=O) groups is 1. The third kappa shape index (κ3) is 3.73. The van der Waals surface area contributed by atoms with Crippen molar-refractivity contribution in [2.45, 2.75) is 32.9 Å². The molecule has 1 aromatic heterocycles. The Labute approximate surface area is 148 Å². The van der Waals surface area contributed by atoms with E-state index in [0.717, 1.165) is 24.4 Å². The van der Waals surface area contributed by atoms with E-state index in [4.69, 9.17) is 0 Å². The Bertz CT molecular complexity index is 774. The topological polar surface area (TPSA) is 61.4 Å². The van der Waals surface area contributed by atoms with Gasteiger partial charge in [-0.3, -0.25) is 0 Å². The number of carbonyl (C=O) groups excluding carboxylic acids is 1. The molecule has 0 saturated carbocycles. The van der Waals surface area contributed by atoms with Crippen LogP contribution in [0.3, 0.4) is 0 Å². The second-order valence-electron chi connectivity index (χ2n) is 6.67. The van der Waals surface area contributed by atoms with Crippen molar-refractivity contribution >= 4 is 12.0 Å². The van der Waals surface area contributed by atoms with Crippen LogP contribution in [0.25, 0.3) is 0 Å². The maximum Gasteiger partial charge on any atom is 0.318 e. The number of nitrogens with one attached hydrogen (secondary N) is 1. The van der Waals surface area contributed by atoms with Crippen molar-refractivity contribution in [3.8, 4) is 0 Å². The highest BCUT2D eigenvalue weighted by Crippen LogP contribution is 2.28. The normalized spacial score (nSPS) is 16.3. The van der Waals surface area contributed by atoms with Gasteiger partial charge < -0.3 is 15.1 Å². The molecule has 0 saturated heterocycles. The van der Waals surface area contributed by atoms with Crippen molar-refractivity contribution in [3.05, 3.63) is 52.8 Å². The Balaban J connectivity index is 1.68. The second kappa shape index (κ2) is 7.09. The summed E-state index contributed by atoms with van der Waals surface area (Å²) in [5.74, 6) is 0.657. The number of hydrogen-bond donors (Lipinski definition) is 1. The molecule has 0 aliphatic carbocycles. The summed E-state index contributed by atoms with van der Waals surface area (Å²) in [4.78, 5) is 25.3. The van der Waals surface area contributed by atoms with Crippen LogP contribution in [0, 0.1) is 6.92 Å². The third-order valence-electron chi connectivity index (χ3n) is 4.57.